The van der Waals surface area contributed by atoms with Crippen LogP contribution < -0.4 is 0 Å². The van der Waals surface area contributed by atoms with Crippen molar-refractivity contribution in [3.05, 3.63) is 36.5 Å². The van der Waals surface area contributed by atoms with Gasteiger partial charge in [-0.3, -0.25) is 0 Å². The van der Waals surface area contributed by atoms with Crippen molar-refractivity contribution in [2.45, 2.75) is 71.6 Å². The zero-order valence-corrected chi connectivity index (χ0v) is 11.8. The van der Waals surface area contributed by atoms with Crippen molar-refractivity contribution in [2.24, 2.45) is 0 Å². The van der Waals surface area contributed by atoms with Crippen molar-refractivity contribution in [3.63, 3.8) is 0 Å². The molecule has 0 saturated carbocycles. The van der Waals surface area contributed by atoms with E-state index in [2.05, 4.69) is 50.3 Å². The van der Waals surface area contributed by atoms with Crippen molar-refractivity contribution < 1.29 is 0 Å². The highest BCUT2D eigenvalue weighted by molar-refractivity contribution is 4.96. The second kappa shape index (κ2) is 15.2. The van der Waals surface area contributed by atoms with Gasteiger partial charge in [0.2, 0.25) is 0 Å². The first-order valence-corrected chi connectivity index (χ1v) is 7.36. The lowest BCUT2D eigenvalue weighted by atomic mass is 10.1. The molecule has 0 spiro atoms. The Balaban J connectivity index is 3.21. The number of unbranched alkanes of at least 4 members (excludes halogenated alkanes) is 5. The Morgan fingerprint density at radius 1 is 0.588 bits per heavy atom. The van der Waals surface area contributed by atoms with E-state index in [0.29, 0.717) is 0 Å². The minimum atomic E-state index is 1.08. The molecule has 0 nitrogen and oxygen atoms in total. The second-order valence-corrected chi connectivity index (χ2v) is 4.50. The minimum Gasteiger partial charge on any atom is -0.0885 e. The van der Waals surface area contributed by atoms with E-state index in [0.717, 1.165) is 19.3 Å². The first-order chi connectivity index (χ1) is 8.41. The molecule has 0 aliphatic heterocycles. The number of allylic oxidation sites excluding steroid dienone is 6. The third-order valence-corrected chi connectivity index (χ3v) is 2.75. The largest absolute Gasteiger partial charge is 0.0885 e. The van der Waals surface area contributed by atoms with E-state index in [1.807, 2.05) is 0 Å². The van der Waals surface area contributed by atoms with Crippen LogP contribution in [0.4, 0.5) is 0 Å². The molecule has 0 aliphatic rings. The molecule has 0 aliphatic carbocycles. The summed E-state index contributed by atoms with van der Waals surface area (Å²) >= 11 is 0. The van der Waals surface area contributed by atoms with E-state index in [9.17, 15) is 0 Å². The van der Waals surface area contributed by atoms with Gasteiger partial charge in [0.1, 0.15) is 0 Å². The molecule has 0 bridgehead atoms. The van der Waals surface area contributed by atoms with E-state index in [4.69, 9.17) is 0 Å². The molecule has 0 aromatic heterocycles. The van der Waals surface area contributed by atoms with Crippen LogP contribution in [0.2, 0.25) is 0 Å². The van der Waals surface area contributed by atoms with Gasteiger partial charge in [-0.15, -0.1) is 0 Å². The van der Waals surface area contributed by atoms with Crippen LogP contribution in [0, 0.1) is 0 Å². The molecule has 0 rings (SSSR count). The Morgan fingerprint density at radius 3 is 1.82 bits per heavy atom. The molecule has 0 saturated heterocycles. The summed E-state index contributed by atoms with van der Waals surface area (Å²) in [6.07, 6.45) is 25.1. The Labute approximate surface area is 109 Å². The summed E-state index contributed by atoms with van der Waals surface area (Å²) in [5.41, 5.74) is 0. The average Bonchev–Trinajstić information content (AvgIpc) is 2.35. The van der Waals surface area contributed by atoms with E-state index in [-0.39, 0.29) is 0 Å². The van der Waals surface area contributed by atoms with E-state index < -0.39 is 0 Å². The van der Waals surface area contributed by atoms with Crippen LogP contribution in [0.5, 0.6) is 0 Å². The van der Waals surface area contributed by atoms with Crippen molar-refractivity contribution in [2.75, 3.05) is 0 Å². The first kappa shape index (κ1) is 16.2. The van der Waals surface area contributed by atoms with Crippen LogP contribution in [0.15, 0.2) is 36.5 Å². The lowest BCUT2D eigenvalue weighted by Gasteiger charge is -1.95. The Kier molecular flexibility index (Phi) is 14.5. The predicted octanol–water partition coefficient (Wildman–Crippen LogP) is 6.21. The van der Waals surface area contributed by atoms with Gasteiger partial charge >= 0.3 is 0 Å². The molecule has 0 unspecified atom stereocenters. The summed E-state index contributed by atoms with van der Waals surface area (Å²) in [5.74, 6) is 0. The lowest BCUT2D eigenvalue weighted by molar-refractivity contribution is 0.637. The Hall–Kier alpha value is -0.780. The molecule has 0 heteroatoms. The third kappa shape index (κ3) is 15.2. The summed E-state index contributed by atoms with van der Waals surface area (Å²) in [4.78, 5) is 0. The van der Waals surface area contributed by atoms with Gasteiger partial charge in [-0.25, -0.2) is 0 Å². The van der Waals surface area contributed by atoms with Gasteiger partial charge in [0.05, 0.1) is 0 Å². The van der Waals surface area contributed by atoms with Gasteiger partial charge < -0.3 is 0 Å². The summed E-state index contributed by atoms with van der Waals surface area (Å²) in [7, 11) is 0. The van der Waals surface area contributed by atoms with Crippen LogP contribution >= 0.6 is 0 Å². The van der Waals surface area contributed by atoms with Gasteiger partial charge in [0, 0.05) is 0 Å². The molecule has 17 heavy (non-hydrogen) atoms. The zero-order valence-electron chi connectivity index (χ0n) is 11.8. The fraction of sp³-hybridized carbons (Fsp3) is 0.647. The number of rotatable bonds is 11. The standard InChI is InChI=1S/C17H30/c1-3-5-7-9-11-13-15-17-16-14-12-10-8-6-4-2/h5,7,11,13,16-17H,3-4,6,8-10,12,14-15H2,1-2H3/b7-5+,13-11+,17-16+. The van der Waals surface area contributed by atoms with Gasteiger partial charge in [0.15, 0.2) is 0 Å². The van der Waals surface area contributed by atoms with Gasteiger partial charge in [-0.05, 0) is 32.1 Å². The predicted molar refractivity (Wildman–Crippen MR) is 80.3 cm³/mol. The number of hydrogen-bond donors (Lipinski definition) is 0. The summed E-state index contributed by atoms with van der Waals surface area (Å²) in [6, 6.07) is 0. The van der Waals surface area contributed by atoms with E-state index >= 15 is 0 Å². The summed E-state index contributed by atoms with van der Waals surface area (Å²) in [5, 5.41) is 0. The van der Waals surface area contributed by atoms with E-state index in [1.54, 1.807) is 0 Å². The fourth-order valence-electron chi connectivity index (χ4n) is 1.69. The summed E-state index contributed by atoms with van der Waals surface area (Å²) in [6.45, 7) is 4.44. The van der Waals surface area contributed by atoms with Crippen LogP contribution in [0.3, 0.4) is 0 Å². The Morgan fingerprint density at radius 2 is 1.18 bits per heavy atom. The quantitative estimate of drug-likeness (QED) is 0.295. The van der Waals surface area contributed by atoms with Crippen molar-refractivity contribution >= 4 is 0 Å². The molecular formula is C17H30. The monoisotopic (exact) mass is 234 g/mol. The average molecular weight is 234 g/mol. The van der Waals surface area contributed by atoms with Crippen LogP contribution in [0.1, 0.15) is 71.6 Å². The van der Waals surface area contributed by atoms with Crippen molar-refractivity contribution in [1.29, 1.82) is 0 Å². The maximum atomic E-state index is 2.33. The molecule has 0 N–H and O–H groups in total. The first-order valence-electron chi connectivity index (χ1n) is 7.36. The van der Waals surface area contributed by atoms with Crippen molar-refractivity contribution in [1.82, 2.24) is 0 Å². The molecular weight excluding hydrogens is 204 g/mol. The maximum absolute atomic E-state index is 2.33. The molecule has 0 fully saturated rings. The highest BCUT2D eigenvalue weighted by atomic mass is 13.9. The van der Waals surface area contributed by atoms with Crippen molar-refractivity contribution in [3.8, 4) is 0 Å². The zero-order chi connectivity index (χ0) is 12.6. The van der Waals surface area contributed by atoms with Crippen LogP contribution in [-0.4, -0.2) is 0 Å². The molecule has 0 radical (unpaired) electrons. The fourth-order valence-corrected chi connectivity index (χ4v) is 1.69. The normalized spacial score (nSPS) is 12.4. The SMILES string of the molecule is CC/C=C/C/C=C/C/C=C/CCCCCCC. The topological polar surface area (TPSA) is 0 Å². The molecule has 0 heterocycles. The van der Waals surface area contributed by atoms with Gasteiger partial charge in [0.25, 0.3) is 0 Å². The number of hydrogen-bond acceptors (Lipinski definition) is 0. The molecule has 0 aromatic carbocycles. The highest BCUT2D eigenvalue weighted by Crippen LogP contribution is 2.05. The molecule has 0 aromatic rings. The highest BCUT2D eigenvalue weighted by Gasteiger charge is 1.85. The molecule has 0 amide bonds. The molecule has 0 atom stereocenters. The smallest absolute Gasteiger partial charge is 0.0169 e. The minimum absolute atomic E-state index is 1.08. The van der Waals surface area contributed by atoms with Gasteiger partial charge in [-0.1, -0.05) is 76.0 Å². The van der Waals surface area contributed by atoms with E-state index in [1.165, 1.54) is 38.5 Å². The van der Waals surface area contributed by atoms with Crippen LogP contribution in [0.25, 0.3) is 0 Å². The Bertz CT molecular complexity index is 208. The third-order valence-electron chi connectivity index (χ3n) is 2.75. The second-order valence-electron chi connectivity index (χ2n) is 4.50. The maximum Gasteiger partial charge on any atom is -0.0169 e. The van der Waals surface area contributed by atoms with Crippen LogP contribution in [-0.2, 0) is 0 Å². The molecule has 98 valence electrons. The lowest BCUT2D eigenvalue weighted by Crippen LogP contribution is -1.75. The summed E-state index contributed by atoms with van der Waals surface area (Å²) < 4.78 is 0. The van der Waals surface area contributed by atoms with Gasteiger partial charge in [-0.2, -0.15) is 0 Å².